The molecule has 0 aliphatic carbocycles. The highest BCUT2D eigenvalue weighted by Crippen LogP contribution is 2.19. The average Bonchev–Trinajstić information content (AvgIpc) is 2.83. The maximum Gasteiger partial charge on any atom is 0.239 e. The molecular formula is C14H18N4O2. The van der Waals surface area contributed by atoms with E-state index in [1.807, 2.05) is 19.1 Å². The summed E-state index contributed by atoms with van der Waals surface area (Å²) in [6.45, 7) is 2.77. The quantitative estimate of drug-likeness (QED) is 0.831. The van der Waals surface area contributed by atoms with Gasteiger partial charge in [0.1, 0.15) is 12.3 Å². The van der Waals surface area contributed by atoms with Crippen molar-refractivity contribution in [2.75, 3.05) is 12.4 Å². The second-order valence-corrected chi connectivity index (χ2v) is 4.55. The number of aryl methyl sites for hydroxylation is 1. The second-order valence-electron chi connectivity index (χ2n) is 4.55. The largest absolute Gasteiger partial charge is 0.496 e. The van der Waals surface area contributed by atoms with Crippen LogP contribution in [0.2, 0.25) is 0 Å². The van der Waals surface area contributed by atoms with Crippen molar-refractivity contribution in [1.29, 1.82) is 0 Å². The summed E-state index contributed by atoms with van der Waals surface area (Å²) >= 11 is 0. The van der Waals surface area contributed by atoms with Crippen LogP contribution in [0.25, 0.3) is 0 Å². The lowest BCUT2D eigenvalue weighted by Crippen LogP contribution is -2.18. The van der Waals surface area contributed by atoms with Crippen LogP contribution in [0.1, 0.15) is 11.1 Å². The molecule has 0 aliphatic rings. The molecule has 0 spiro atoms. The maximum atomic E-state index is 10.8. The minimum atomic E-state index is -0.412. The standard InChI is InChI=1S/C14H18N4O2/c1-10-5-11(3-4-13(10)20-2)6-16-12-7-17-18(8-12)9-14(15)19/h3-5,7-8,16H,6,9H2,1-2H3,(H2,15,19). The van der Waals surface area contributed by atoms with Gasteiger partial charge in [0.05, 0.1) is 19.0 Å². The number of hydrogen-bond donors (Lipinski definition) is 2. The van der Waals surface area contributed by atoms with Crippen molar-refractivity contribution in [3.63, 3.8) is 0 Å². The number of carbonyl (C=O) groups is 1. The van der Waals surface area contributed by atoms with Gasteiger partial charge in [0, 0.05) is 12.7 Å². The van der Waals surface area contributed by atoms with Crippen LogP contribution in [-0.4, -0.2) is 22.8 Å². The molecule has 2 rings (SSSR count). The van der Waals surface area contributed by atoms with E-state index in [4.69, 9.17) is 10.5 Å². The monoisotopic (exact) mass is 274 g/mol. The zero-order chi connectivity index (χ0) is 14.5. The fraction of sp³-hybridized carbons (Fsp3) is 0.286. The zero-order valence-electron chi connectivity index (χ0n) is 11.6. The van der Waals surface area contributed by atoms with E-state index < -0.39 is 5.91 Å². The number of aromatic nitrogens is 2. The number of benzene rings is 1. The van der Waals surface area contributed by atoms with Gasteiger partial charge in [-0.15, -0.1) is 0 Å². The van der Waals surface area contributed by atoms with Crippen LogP contribution >= 0.6 is 0 Å². The SMILES string of the molecule is COc1ccc(CNc2cnn(CC(N)=O)c2)cc1C. The van der Waals surface area contributed by atoms with E-state index in [2.05, 4.69) is 16.5 Å². The molecule has 6 nitrogen and oxygen atoms in total. The summed E-state index contributed by atoms with van der Waals surface area (Å²) < 4.78 is 6.73. The van der Waals surface area contributed by atoms with E-state index in [0.29, 0.717) is 6.54 Å². The van der Waals surface area contributed by atoms with Gasteiger partial charge >= 0.3 is 0 Å². The van der Waals surface area contributed by atoms with Crippen LogP contribution in [0.4, 0.5) is 5.69 Å². The summed E-state index contributed by atoms with van der Waals surface area (Å²) in [5.74, 6) is 0.466. The Morgan fingerprint density at radius 3 is 2.95 bits per heavy atom. The van der Waals surface area contributed by atoms with Gasteiger partial charge in [-0.2, -0.15) is 5.10 Å². The second kappa shape index (κ2) is 6.10. The van der Waals surface area contributed by atoms with Crippen LogP contribution in [-0.2, 0) is 17.9 Å². The number of methoxy groups -OCH3 is 1. The molecular weight excluding hydrogens is 256 g/mol. The van der Waals surface area contributed by atoms with Crippen LogP contribution in [0.15, 0.2) is 30.6 Å². The van der Waals surface area contributed by atoms with E-state index in [-0.39, 0.29) is 6.54 Å². The van der Waals surface area contributed by atoms with Gasteiger partial charge < -0.3 is 15.8 Å². The smallest absolute Gasteiger partial charge is 0.239 e. The lowest BCUT2D eigenvalue weighted by atomic mass is 10.1. The Kier molecular flexibility index (Phi) is 4.24. The van der Waals surface area contributed by atoms with E-state index in [9.17, 15) is 4.79 Å². The number of hydrogen-bond acceptors (Lipinski definition) is 4. The highest BCUT2D eigenvalue weighted by molar-refractivity contribution is 5.73. The molecule has 2 aromatic rings. The molecule has 1 aromatic heterocycles. The van der Waals surface area contributed by atoms with E-state index in [0.717, 1.165) is 22.6 Å². The van der Waals surface area contributed by atoms with Crippen molar-refractivity contribution in [3.05, 3.63) is 41.7 Å². The number of ether oxygens (including phenoxy) is 1. The summed E-state index contributed by atoms with van der Waals surface area (Å²) in [6.07, 6.45) is 3.42. The predicted molar refractivity (Wildman–Crippen MR) is 76.5 cm³/mol. The van der Waals surface area contributed by atoms with Crippen molar-refractivity contribution < 1.29 is 9.53 Å². The molecule has 20 heavy (non-hydrogen) atoms. The first-order valence-electron chi connectivity index (χ1n) is 6.26. The summed E-state index contributed by atoms with van der Waals surface area (Å²) in [5.41, 5.74) is 8.20. The number of carbonyl (C=O) groups excluding carboxylic acids is 1. The molecule has 1 heterocycles. The Bertz CT molecular complexity index is 607. The normalized spacial score (nSPS) is 10.3. The third-order valence-corrected chi connectivity index (χ3v) is 2.91. The molecule has 0 radical (unpaired) electrons. The van der Waals surface area contributed by atoms with Crippen molar-refractivity contribution >= 4 is 11.6 Å². The fourth-order valence-electron chi connectivity index (χ4n) is 1.96. The van der Waals surface area contributed by atoms with E-state index in [1.54, 1.807) is 19.5 Å². The molecule has 1 amide bonds. The predicted octanol–water partition coefficient (Wildman–Crippen LogP) is 1.30. The Labute approximate surface area is 117 Å². The summed E-state index contributed by atoms with van der Waals surface area (Å²) in [6, 6.07) is 6.02. The fourth-order valence-corrected chi connectivity index (χ4v) is 1.96. The lowest BCUT2D eigenvalue weighted by molar-refractivity contribution is -0.118. The number of nitrogens with two attached hydrogens (primary N) is 1. The Hall–Kier alpha value is -2.50. The first-order chi connectivity index (χ1) is 9.58. The van der Waals surface area contributed by atoms with Crippen molar-refractivity contribution in [1.82, 2.24) is 9.78 Å². The van der Waals surface area contributed by atoms with Crippen LogP contribution in [0, 0.1) is 6.92 Å². The lowest BCUT2D eigenvalue weighted by Gasteiger charge is -2.08. The Morgan fingerprint density at radius 2 is 2.30 bits per heavy atom. The maximum absolute atomic E-state index is 10.8. The first-order valence-corrected chi connectivity index (χ1v) is 6.26. The molecule has 106 valence electrons. The molecule has 0 fully saturated rings. The summed E-state index contributed by atoms with van der Waals surface area (Å²) in [5, 5.41) is 7.29. The van der Waals surface area contributed by atoms with E-state index in [1.165, 1.54) is 4.68 Å². The van der Waals surface area contributed by atoms with Crippen molar-refractivity contribution in [3.8, 4) is 5.75 Å². The van der Waals surface area contributed by atoms with Crippen molar-refractivity contribution in [2.24, 2.45) is 5.73 Å². The van der Waals surface area contributed by atoms with Gasteiger partial charge in [-0.05, 0) is 24.1 Å². The number of nitrogens with one attached hydrogen (secondary N) is 1. The molecule has 0 aliphatic heterocycles. The number of rotatable bonds is 6. The zero-order valence-corrected chi connectivity index (χ0v) is 11.6. The summed E-state index contributed by atoms with van der Waals surface area (Å²) in [4.78, 5) is 10.8. The minimum absolute atomic E-state index is 0.0866. The van der Waals surface area contributed by atoms with Crippen LogP contribution in [0.5, 0.6) is 5.75 Å². The number of anilines is 1. The Morgan fingerprint density at radius 1 is 1.50 bits per heavy atom. The molecule has 0 saturated carbocycles. The van der Waals surface area contributed by atoms with E-state index >= 15 is 0 Å². The molecule has 0 atom stereocenters. The molecule has 3 N–H and O–H groups in total. The average molecular weight is 274 g/mol. The molecule has 6 heteroatoms. The van der Waals surface area contributed by atoms with Gasteiger partial charge in [-0.3, -0.25) is 9.48 Å². The van der Waals surface area contributed by atoms with Crippen LogP contribution in [0.3, 0.4) is 0 Å². The molecule has 1 aromatic carbocycles. The van der Waals surface area contributed by atoms with Gasteiger partial charge in [0.2, 0.25) is 5.91 Å². The third kappa shape index (κ3) is 3.50. The minimum Gasteiger partial charge on any atom is -0.496 e. The summed E-state index contributed by atoms with van der Waals surface area (Å²) in [7, 11) is 1.66. The highest BCUT2D eigenvalue weighted by Gasteiger charge is 2.03. The molecule has 0 saturated heterocycles. The number of amides is 1. The van der Waals surface area contributed by atoms with Gasteiger partial charge in [0.15, 0.2) is 0 Å². The molecule has 0 bridgehead atoms. The molecule has 0 unspecified atom stereocenters. The highest BCUT2D eigenvalue weighted by atomic mass is 16.5. The van der Waals surface area contributed by atoms with Crippen molar-refractivity contribution in [2.45, 2.75) is 20.0 Å². The van der Waals surface area contributed by atoms with Gasteiger partial charge in [0.25, 0.3) is 0 Å². The number of nitrogens with zero attached hydrogens (tertiary/aromatic N) is 2. The first kappa shape index (κ1) is 13.9. The van der Waals surface area contributed by atoms with Crippen LogP contribution < -0.4 is 15.8 Å². The Balaban J connectivity index is 1.96. The topological polar surface area (TPSA) is 82.2 Å². The number of primary amides is 1. The van der Waals surface area contributed by atoms with Gasteiger partial charge in [-0.25, -0.2) is 0 Å². The van der Waals surface area contributed by atoms with Gasteiger partial charge in [-0.1, -0.05) is 12.1 Å². The third-order valence-electron chi connectivity index (χ3n) is 2.91.